The summed E-state index contributed by atoms with van der Waals surface area (Å²) in [6, 6.07) is 17.6. The van der Waals surface area contributed by atoms with Crippen LogP contribution in [0.2, 0.25) is 0 Å². The van der Waals surface area contributed by atoms with Crippen LogP contribution in [0.3, 0.4) is 0 Å². The predicted molar refractivity (Wildman–Crippen MR) is 130 cm³/mol. The van der Waals surface area contributed by atoms with Crippen molar-refractivity contribution in [2.24, 2.45) is 4.99 Å². The summed E-state index contributed by atoms with van der Waals surface area (Å²) in [5, 5.41) is 6.59. The third-order valence-electron chi connectivity index (χ3n) is 4.49. The van der Waals surface area contributed by atoms with E-state index in [-0.39, 0.29) is 30.0 Å². The van der Waals surface area contributed by atoms with Crippen LogP contribution < -0.4 is 10.6 Å². The Morgan fingerprint density at radius 2 is 1.69 bits per heavy atom. The van der Waals surface area contributed by atoms with Crippen LogP contribution in [-0.4, -0.2) is 45.9 Å². The van der Waals surface area contributed by atoms with Gasteiger partial charge in [0.05, 0.1) is 4.90 Å². The molecular formula is C21H31IN4O2S. The first kappa shape index (κ1) is 25.4. The topological polar surface area (TPSA) is 73.8 Å². The Morgan fingerprint density at radius 1 is 1.07 bits per heavy atom. The van der Waals surface area contributed by atoms with Crippen LogP contribution in [0.5, 0.6) is 0 Å². The van der Waals surface area contributed by atoms with E-state index in [2.05, 4.69) is 34.7 Å². The third kappa shape index (κ3) is 7.60. The molecular weight excluding hydrogens is 499 g/mol. The van der Waals surface area contributed by atoms with E-state index in [4.69, 9.17) is 0 Å². The molecule has 0 heterocycles. The lowest BCUT2D eigenvalue weighted by Crippen LogP contribution is -2.42. The van der Waals surface area contributed by atoms with Crippen LogP contribution in [0.25, 0.3) is 0 Å². The zero-order valence-corrected chi connectivity index (χ0v) is 20.6. The molecule has 0 aromatic heterocycles. The van der Waals surface area contributed by atoms with E-state index in [1.165, 1.54) is 24.0 Å². The summed E-state index contributed by atoms with van der Waals surface area (Å²) < 4.78 is 26.3. The summed E-state index contributed by atoms with van der Waals surface area (Å²) in [4.78, 5) is 4.57. The van der Waals surface area contributed by atoms with E-state index in [9.17, 15) is 8.42 Å². The molecule has 2 N–H and O–H groups in total. The molecule has 0 fully saturated rings. The summed E-state index contributed by atoms with van der Waals surface area (Å²) >= 11 is 0. The van der Waals surface area contributed by atoms with Crippen molar-refractivity contribution in [2.45, 2.75) is 37.2 Å². The summed E-state index contributed by atoms with van der Waals surface area (Å²) in [5.74, 6) is 0.651. The Kier molecular flexibility index (Phi) is 10.6. The first-order valence-electron chi connectivity index (χ1n) is 9.36. The maximum Gasteiger partial charge on any atom is 0.242 e. The van der Waals surface area contributed by atoms with Gasteiger partial charge in [-0.05, 0) is 37.0 Å². The molecule has 8 heteroatoms. The zero-order chi connectivity index (χ0) is 20.6. The van der Waals surface area contributed by atoms with Crippen LogP contribution in [0.15, 0.2) is 64.5 Å². The number of hydrogen-bond donors (Lipinski definition) is 2. The summed E-state index contributed by atoms with van der Waals surface area (Å²) in [5.41, 5.74) is 2.01. The van der Waals surface area contributed by atoms with E-state index >= 15 is 0 Å². The van der Waals surface area contributed by atoms with Crippen LogP contribution in [0.4, 0.5) is 0 Å². The van der Waals surface area contributed by atoms with Gasteiger partial charge in [-0.25, -0.2) is 12.7 Å². The van der Waals surface area contributed by atoms with Crippen molar-refractivity contribution >= 4 is 40.0 Å². The number of halogens is 1. The minimum absolute atomic E-state index is 0. The smallest absolute Gasteiger partial charge is 0.242 e. The van der Waals surface area contributed by atoms with Gasteiger partial charge in [-0.2, -0.15) is 0 Å². The Morgan fingerprint density at radius 3 is 2.31 bits per heavy atom. The molecule has 2 aromatic carbocycles. The maximum atomic E-state index is 12.5. The van der Waals surface area contributed by atoms with Gasteiger partial charge >= 0.3 is 0 Å². The zero-order valence-electron chi connectivity index (χ0n) is 17.4. The van der Waals surface area contributed by atoms with Gasteiger partial charge in [-0.1, -0.05) is 48.5 Å². The van der Waals surface area contributed by atoms with Crippen molar-refractivity contribution in [3.8, 4) is 0 Å². The highest BCUT2D eigenvalue weighted by molar-refractivity contribution is 14.0. The van der Waals surface area contributed by atoms with Gasteiger partial charge in [0.25, 0.3) is 0 Å². The van der Waals surface area contributed by atoms with Crippen molar-refractivity contribution in [1.29, 1.82) is 0 Å². The van der Waals surface area contributed by atoms with Crippen molar-refractivity contribution in [1.82, 2.24) is 14.9 Å². The number of aliphatic imine (C=N–C) groups is 1. The number of guanidine groups is 1. The average molecular weight is 530 g/mol. The summed E-state index contributed by atoms with van der Waals surface area (Å²) in [7, 11) is 1.29. The molecule has 29 heavy (non-hydrogen) atoms. The lowest BCUT2D eigenvalue weighted by Gasteiger charge is -2.19. The van der Waals surface area contributed by atoms with Gasteiger partial charge in [0.15, 0.2) is 5.96 Å². The second-order valence-corrected chi connectivity index (χ2v) is 9.01. The SMILES string of the molecule is CN=C(NCc1ccccc1S(=O)(=O)N(C)C)NC(C)CCc1ccccc1.I. The van der Waals surface area contributed by atoms with Gasteiger partial charge in [0, 0.05) is 33.7 Å². The highest BCUT2D eigenvalue weighted by Gasteiger charge is 2.20. The molecule has 1 atom stereocenters. The maximum absolute atomic E-state index is 12.5. The van der Waals surface area contributed by atoms with E-state index < -0.39 is 10.0 Å². The second-order valence-electron chi connectivity index (χ2n) is 6.89. The van der Waals surface area contributed by atoms with Crippen molar-refractivity contribution in [2.75, 3.05) is 21.1 Å². The van der Waals surface area contributed by atoms with Gasteiger partial charge in [0.1, 0.15) is 0 Å². The van der Waals surface area contributed by atoms with E-state index in [0.717, 1.165) is 12.8 Å². The largest absolute Gasteiger partial charge is 0.354 e. The lowest BCUT2D eigenvalue weighted by molar-refractivity contribution is 0.519. The minimum Gasteiger partial charge on any atom is -0.354 e. The van der Waals surface area contributed by atoms with E-state index in [0.29, 0.717) is 23.0 Å². The fourth-order valence-electron chi connectivity index (χ4n) is 2.81. The molecule has 6 nitrogen and oxygen atoms in total. The number of sulfonamides is 1. The van der Waals surface area contributed by atoms with Crippen LogP contribution in [-0.2, 0) is 23.0 Å². The van der Waals surface area contributed by atoms with Gasteiger partial charge < -0.3 is 10.6 Å². The molecule has 0 aliphatic heterocycles. The lowest BCUT2D eigenvalue weighted by atomic mass is 10.1. The van der Waals surface area contributed by atoms with Crippen LogP contribution in [0, 0.1) is 0 Å². The first-order valence-corrected chi connectivity index (χ1v) is 10.8. The quantitative estimate of drug-likeness (QED) is 0.312. The van der Waals surface area contributed by atoms with Crippen molar-refractivity contribution < 1.29 is 8.42 Å². The Labute approximate surface area is 191 Å². The van der Waals surface area contributed by atoms with Gasteiger partial charge in [-0.15, -0.1) is 24.0 Å². The first-order chi connectivity index (χ1) is 13.3. The molecule has 0 aliphatic rings. The molecule has 2 aromatic rings. The third-order valence-corrected chi connectivity index (χ3v) is 6.41. The standard InChI is InChI=1S/C21H30N4O2S.HI/c1-17(14-15-18-10-6-5-7-11-18)24-21(22-2)23-16-19-12-8-9-13-20(19)28(26,27)25(3)4;/h5-13,17H,14-16H2,1-4H3,(H2,22,23,24);1H. The molecule has 160 valence electrons. The number of nitrogens with zero attached hydrogens (tertiary/aromatic N) is 2. The average Bonchev–Trinajstić information content (AvgIpc) is 2.70. The highest BCUT2D eigenvalue weighted by atomic mass is 127. The molecule has 0 amide bonds. The molecule has 1 unspecified atom stereocenters. The number of nitrogens with one attached hydrogen (secondary N) is 2. The number of hydrogen-bond acceptors (Lipinski definition) is 3. The fraction of sp³-hybridized carbons (Fsp3) is 0.381. The number of benzene rings is 2. The normalized spacial score (nSPS) is 12.9. The molecule has 2 rings (SSSR count). The molecule has 0 bridgehead atoms. The molecule has 0 spiro atoms. The summed E-state index contributed by atoms with van der Waals surface area (Å²) in [6.07, 6.45) is 1.95. The monoisotopic (exact) mass is 530 g/mol. The fourth-order valence-corrected chi connectivity index (χ4v) is 3.92. The highest BCUT2D eigenvalue weighted by Crippen LogP contribution is 2.18. The number of rotatable bonds is 8. The van der Waals surface area contributed by atoms with Crippen molar-refractivity contribution in [3.63, 3.8) is 0 Å². The molecule has 0 saturated heterocycles. The van der Waals surface area contributed by atoms with Gasteiger partial charge in [0.2, 0.25) is 10.0 Å². The number of aryl methyl sites for hydroxylation is 1. The van der Waals surface area contributed by atoms with E-state index in [1.807, 2.05) is 30.3 Å². The molecule has 0 radical (unpaired) electrons. The Balaban J connectivity index is 0.00000420. The van der Waals surface area contributed by atoms with Crippen molar-refractivity contribution in [3.05, 3.63) is 65.7 Å². The Hall–Kier alpha value is -1.65. The predicted octanol–water partition coefficient (Wildman–Crippen LogP) is 3.24. The molecule has 0 aliphatic carbocycles. The summed E-state index contributed by atoms with van der Waals surface area (Å²) in [6.45, 7) is 2.48. The van der Waals surface area contributed by atoms with Crippen LogP contribution in [0.1, 0.15) is 24.5 Å². The van der Waals surface area contributed by atoms with E-state index in [1.54, 1.807) is 19.2 Å². The Bertz CT molecular complexity index is 887. The molecule has 0 saturated carbocycles. The minimum atomic E-state index is -3.49. The van der Waals surface area contributed by atoms with Crippen LogP contribution >= 0.6 is 24.0 Å². The second kappa shape index (κ2) is 12.1. The van der Waals surface area contributed by atoms with Gasteiger partial charge in [-0.3, -0.25) is 4.99 Å².